The average molecular weight is 177 g/mol. The molecule has 0 spiro atoms. The first kappa shape index (κ1) is 10.2. The molecule has 0 aromatic rings. The van der Waals surface area contributed by atoms with Gasteiger partial charge in [0.25, 0.3) is 0 Å². The van der Waals surface area contributed by atoms with E-state index in [0.717, 1.165) is 6.42 Å². The molecule has 0 aromatic carbocycles. The number of rotatable bonds is 4. The fourth-order valence-electron chi connectivity index (χ4n) is 1.70. The number of nitrogens with zero attached hydrogens (tertiary/aromatic N) is 1. The molecule has 0 radical (unpaired) electrons. The normalized spacial score (nSPS) is 23.8. The van der Waals surface area contributed by atoms with Gasteiger partial charge in [0.15, 0.2) is 0 Å². The van der Waals surface area contributed by atoms with Gasteiger partial charge in [-0.1, -0.05) is 37.1 Å². The highest BCUT2D eigenvalue weighted by atomic mass is 14.7. The Kier molecular flexibility index (Phi) is 3.94. The molecular formula is C12H19N. The summed E-state index contributed by atoms with van der Waals surface area (Å²) in [5, 5.41) is 0. The summed E-state index contributed by atoms with van der Waals surface area (Å²) in [5.41, 5.74) is 1.47. The molecule has 2 unspecified atom stereocenters. The van der Waals surface area contributed by atoms with Crippen molar-refractivity contribution in [2.75, 3.05) is 0 Å². The van der Waals surface area contributed by atoms with Gasteiger partial charge in [0.1, 0.15) is 0 Å². The maximum Gasteiger partial charge on any atom is 0.0530 e. The van der Waals surface area contributed by atoms with Crippen LogP contribution in [0.1, 0.15) is 33.1 Å². The summed E-state index contributed by atoms with van der Waals surface area (Å²) < 4.78 is 0. The molecule has 1 rings (SSSR count). The Morgan fingerprint density at radius 2 is 2.46 bits per heavy atom. The lowest BCUT2D eigenvalue weighted by Gasteiger charge is -2.19. The summed E-state index contributed by atoms with van der Waals surface area (Å²) in [4.78, 5) is 4.08. The zero-order valence-corrected chi connectivity index (χ0v) is 8.66. The van der Waals surface area contributed by atoms with E-state index in [9.17, 15) is 0 Å². The van der Waals surface area contributed by atoms with E-state index in [4.69, 9.17) is 0 Å². The van der Waals surface area contributed by atoms with Gasteiger partial charge in [0.2, 0.25) is 0 Å². The third kappa shape index (κ3) is 2.83. The van der Waals surface area contributed by atoms with Crippen LogP contribution in [0.4, 0.5) is 0 Å². The van der Waals surface area contributed by atoms with Gasteiger partial charge in [-0.05, 0) is 26.5 Å². The van der Waals surface area contributed by atoms with Crippen molar-refractivity contribution in [1.29, 1.82) is 0 Å². The Hall–Kier alpha value is -0.850. The fraction of sp³-hybridized carbons (Fsp3) is 0.583. The van der Waals surface area contributed by atoms with Crippen molar-refractivity contribution in [2.45, 2.75) is 39.2 Å². The molecule has 1 nitrogen and oxygen atoms in total. The highest BCUT2D eigenvalue weighted by molar-refractivity contribution is 5.27. The second-order valence-corrected chi connectivity index (χ2v) is 3.72. The standard InChI is InChI=1S/C12H19N/c1-4-6-11-7-5-8-12(9-11)10(2)13-3/h5,7,9-10,12H,3-4,6,8H2,1-2H3. The summed E-state index contributed by atoms with van der Waals surface area (Å²) in [6, 6.07) is 0.358. The summed E-state index contributed by atoms with van der Waals surface area (Å²) in [7, 11) is 0. The zero-order chi connectivity index (χ0) is 9.68. The number of hydrogen-bond acceptors (Lipinski definition) is 1. The smallest absolute Gasteiger partial charge is 0.0530 e. The molecule has 0 saturated carbocycles. The van der Waals surface area contributed by atoms with Gasteiger partial charge in [0.05, 0.1) is 6.04 Å². The van der Waals surface area contributed by atoms with E-state index in [2.05, 4.69) is 43.8 Å². The summed E-state index contributed by atoms with van der Waals surface area (Å²) in [5.74, 6) is 0.573. The lowest BCUT2D eigenvalue weighted by Crippen LogP contribution is -2.14. The lowest BCUT2D eigenvalue weighted by molar-refractivity contribution is 0.537. The monoisotopic (exact) mass is 177 g/mol. The summed E-state index contributed by atoms with van der Waals surface area (Å²) >= 11 is 0. The Morgan fingerprint density at radius 1 is 1.69 bits per heavy atom. The minimum Gasteiger partial charge on any atom is -0.297 e. The Morgan fingerprint density at radius 3 is 3.08 bits per heavy atom. The van der Waals surface area contributed by atoms with Crippen LogP contribution in [-0.4, -0.2) is 12.8 Å². The van der Waals surface area contributed by atoms with Crippen molar-refractivity contribution in [3.05, 3.63) is 23.8 Å². The van der Waals surface area contributed by atoms with Crippen LogP contribution in [0.25, 0.3) is 0 Å². The zero-order valence-electron chi connectivity index (χ0n) is 8.66. The second kappa shape index (κ2) is 5.00. The third-order valence-corrected chi connectivity index (χ3v) is 2.61. The Balaban J connectivity index is 2.60. The molecule has 0 bridgehead atoms. The van der Waals surface area contributed by atoms with Gasteiger partial charge in [0, 0.05) is 5.92 Å². The molecule has 1 aliphatic rings. The molecule has 0 aliphatic heterocycles. The molecule has 13 heavy (non-hydrogen) atoms. The van der Waals surface area contributed by atoms with Crippen molar-refractivity contribution in [1.82, 2.24) is 0 Å². The van der Waals surface area contributed by atoms with Crippen molar-refractivity contribution in [3.8, 4) is 0 Å². The van der Waals surface area contributed by atoms with Crippen LogP contribution in [0, 0.1) is 5.92 Å². The number of hydrogen-bond donors (Lipinski definition) is 0. The predicted octanol–water partition coefficient (Wildman–Crippen LogP) is 3.38. The Bertz CT molecular complexity index is 225. The first-order valence-corrected chi connectivity index (χ1v) is 5.11. The lowest BCUT2D eigenvalue weighted by atomic mass is 9.89. The predicted molar refractivity (Wildman–Crippen MR) is 59.2 cm³/mol. The van der Waals surface area contributed by atoms with Crippen LogP contribution in [0.5, 0.6) is 0 Å². The van der Waals surface area contributed by atoms with E-state index in [1.807, 2.05) is 0 Å². The van der Waals surface area contributed by atoms with E-state index in [1.165, 1.54) is 18.4 Å². The molecule has 0 aromatic heterocycles. The van der Waals surface area contributed by atoms with Gasteiger partial charge in [-0.15, -0.1) is 0 Å². The molecule has 0 saturated heterocycles. The molecular weight excluding hydrogens is 158 g/mol. The summed E-state index contributed by atoms with van der Waals surface area (Å²) in [6.07, 6.45) is 10.4. The van der Waals surface area contributed by atoms with Crippen molar-refractivity contribution < 1.29 is 0 Å². The first-order valence-electron chi connectivity index (χ1n) is 5.11. The SMILES string of the molecule is C=NC(C)C1C=C(CCC)C=CC1. The van der Waals surface area contributed by atoms with Gasteiger partial charge >= 0.3 is 0 Å². The molecule has 0 fully saturated rings. The van der Waals surface area contributed by atoms with E-state index in [-0.39, 0.29) is 0 Å². The van der Waals surface area contributed by atoms with Crippen LogP contribution < -0.4 is 0 Å². The Labute approximate surface area is 81.3 Å². The van der Waals surface area contributed by atoms with Gasteiger partial charge in [-0.2, -0.15) is 0 Å². The molecule has 0 heterocycles. The van der Waals surface area contributed by atoms with Crippen molar-refractivity contribution >= 4 is 6.72 Å². The van der Waals surface area contributed by atoms with Crippen molar-refractivity contribution in [2.24, 2.45) is 10.9 Å². The second-order valence-electron chi connectivity index (χ2n) is 3.72. The van der Waals surface area contributed by atoms with Crippen LogP contribution in [0.15, 0.2) is 28.8 Å². The fourth-order valence-corrected chi connectivity index (χ4v) is 1.70. The number of allylic oxidation sites excluding steroid dienone is 3. The van der Waals surface area contributed by atoms with Gasteiger partial charge in [-0.3, -0.25) is 4.99 Å². The van der Waals surface area contributed by atoms with E-state index in [0.29, 0.717) is 12.0 Å². The van der Waals surface area contributed by atoms with Crippen LogP contribution in [-0.2, 0) is 0 Å². The highest BCUT2D eigenvalue weighted by Gasteiger charge is 2.14. The largest absolute Gasteiger partial charge is 0.297 e. The molecule has 2 atom stereocenters. The molecule has 72 valence electrons. The summed E-state index contributed by atoms with van der Waals surface area (Å²) in [6.45, 7) is 7.96. The number of aliphatic imine (C=N–C) groups is 1. The minimum atomic E-state index is 0.358. The minimum absolute atomic E-state index is 0.358. The van der Waals surface area contributed by atoms with E-state index < -0.39 is 0 Å². The van der Waals surface area contributed by atoms with Crippen LogP contribution in [0.2, 0.25) is 0 Å². The maximum absolute atomic E-state index is 4.08. The van der Waals surface area contributed by atoms with Crippen molar-refractivity contribution in [3.63, 3.8) is 0 Å². The molecule has 1 aliphatic carbocycles. The first-order chi connectivity index (χ1) is 6.27. The van der Waals surface area contributed by atoms with E-state index in [1.54, 1.807) is 0 Å². The average Bonchev–Trinajstić information content (AvgIpc) is 2.18. The van der Waals surface area contributed by atoms with E-state index >= 15 is 0 Å². The third-order valence-electron chi connectivity index (χ3n) is 2.61. The highest BCUT2D eigenvalue weighted by Crippen LogP contribution is 2.23. The quantitative estimate of drug-likeness (QED) is 0.584. The maximum atomic E-state index is 4.08. The van der Waals surface area contributed by atoms with Crippen LogP contribution >= 0.6 is 0 Å². The molecule has 1 heteroatoms. The van der Waals surface area contributed by atoms with Gasteiger partial charge < -0.3 is 0 Å². The van der Waals surface area contributed by atoms with Crippen LogP contribution in [0.3, 0.4) is 0 Å². The molecule has 0 N–H and O–H groups in total. The van der Waals surface area contributed by atoms with Gasteiger partial charge in [-0.25, -0.2) is 0 Å². The molecule has 0 amide bonds. The topological polar surface area (TPSA) is 12.4 Å².